The van der Waals surface area contributed by atoms with E-state index >= 15 is 4.39 Å². The van der Waals surface area contributed by atoms with Gasteiger partial charge in [0.05, 0.1) is 6.04 Å². The monoisotopic (exact) mass is 560 g/mol. The molecule has 2 nitrogen and oxygen atoms in total. The zero-order valence-corrected chi connectivity index (χ0v) is 28.0. The predicted octanol–water partition coefficient (Wildman–Crippen LogP) is 10.1. The summed E-state index contributed by atoms with van der Waals surface area (Å²) < 4.78 is 15.0. The van der Waals surface area contributed by atoms with Crippen LogP contribution in [-0.4, -0.2) is 17.8 Å². The van der Waals surface area contributed by atoms with Crippen molar-refractivity contribution < 1.29 is 4.39 Å². The molecule has 3 heteroatoms. The number of halogens is 1. The summed E-state index contributed by atoms with van der Waals surface area (Å²) in [6, 6.07) is 6.05. The molecule has 4 unspecified atom stereocenters. The van der Waals surface area contributed by atoms with E-state index in [9.17, 15) is 0 Å². The fraction of sp³-hybridized carbons (Fsp3) is 0.605. The molecule has 0 radical (unpaired) electrons. The van der Waals surface area contributed by atoms with Crippen molar-refractivity contribution >= 4 is 11.3 Å². The molecule has 1 aliphatic rings. The number of hydrogen-bond donors (Lipinski definition) is 1. The van der Waals surface area contributed by atoms with Crippen LogP contribution in [0.1, 0.15) is 132 Å². The smallest absolute Gasteiger partial charge is 0.127 e. The van der Waals surface area contributed by atoms with Crippen molar-refractivity contribution in [3.8, 4) is 0 Å². The van der Waals surface area contributed by atoms with Crippen LogP contribution in [-0.2, 0) is 12.8 Å². The molecule has 0 aromatic heterocycles. The largest absolute Gasteiger partial charge is 0.324 e. The van der Waals surface area contributed by atoms with E-state index in [0.717, 1.165) is 34.4 Å². The molecule has 0 saturated heterocycles. The summed E-state index contributed by atoms with van der Waals surface area (Å²) >= 11 is 0. The summed E-state index contributed by atoms with van der Waals surface area (Å²) in [6.07, 6.45) is 9.67. The molecule has 1 aliphatic carbocycles. The quantitative estimate of drug-likeness (QED) is 0.258. The van der Waals surface area contributed by atoms with Gasteiger partial charge in [-0.05, 0) is 133 Å². The first-order valence-corrected chi connectivity index (χ1v) is 16.2. The molecule has 0 aliphatic heterocycles. The molecule has 2 N–H and O–H groups in total. The number of hydrogen-bond acceptors (Lipinski definition) is 2. The lowest BCUT2D eigenvalue weighted by atomic mass is 9.68. The van der Waals surface area contributed by atoms with Gasteiger partial charge in [-0.15, -0.1) is 0 Å². The SMILES string of the molecule is CCCCC(C)(CC(C)CC)C(N=C(C)c1cc(C)c(C2=CC(N)Cc3ccc(F)c(CC)c32)c(C)c1C)C(C)C. The molecule has 0 spiro atoms. The Kier molecular flexibility index (Phi) is 11.2. The van der Waals surface area contributed by atoms with Gasteiger partial charge in [0.1, 0.15) is 5.82 Å². The van der Waals surface area contributed by atoms with Gasteiger partial charge >= 0.3 is 0 Å². The lowest BCUT2D eigenvalue weighted by Crippen LogP contribution is -2.37. The Morgan fingerprint density at radius 2 is 1.76 bits per heavy atom. The Balaban J connectivity index is 2.15. The molecule has 2 aromatic rings. The van der Waals surface area contributed by atoms with E-state index in [2.05, 4.69) is 81.4 Å². The van der Waals surface area contributed by atoms with Crippen LogP contribution in [0.5, 0.6) is 0 Å². The van der Waals surface area contributed by atoms with Gasteiger partial charge in [0.2, 0.25) is 0 Å². The van der Waals surface area contributed by atoms with E-state index in [4.69, 9.17) is 10.7 Å². The third kappa shape index (κ3) is 7.04. The molecule has 0 bridgehead atoms. The van der Waals surface area contributed by atoms with E-state index in [-0.39, 0.29) is 23.3 Å². The average molecular weight is 561 g/mol. The number of unbranched alkanes of at least 4 members (excludes halogenated alkanes) is 1. The van der Waals surface area contributed by atoms with Crippen LogP contribution < -0.4 is 5.73 Å². The minimum absolute atomic E-state index is 0.0761. The fourth-order valence-corrected chi connectivity index (χ4v) is 7.49. The van der Waals surface area contributed by atoms with Gasteiger partial charge in [-0.25, -0.2) is 4.39 Å². The highest BCUT2D eigenvalue weighted by atomic mass is 19.1. The van der Waals surface area contributed by atoms with Crippen molar-refractivity contribution in [3.05, 3.63) is 74.6 Å². The van der Waals surface area contributed by atoms with Crippen LogP contribution >= 0.6 is 0 Å². The minimum atomic E-state index is -0.123. The number of nitrogens with two attached hydrogens (primary N) is 1. The maximum absolute atomic E-state index is 15.0. The minimum Gasteiger partial charge on any atom is -0.324 e. The standard InChI is InChI=1S/C38H57FN2/c1-12-15-18-38(11,22-24(6)13-2)37(23(4)5)41-28(10)32-19-25(7)35(27(9)26(32)8)33-21-30(40)20-29-16-17-34(39)31(14-3)36(29)33/h16-17,19,21,23-24,30,37H,12-15,18,20,22,40H2,1-11H3. The molecule has 226 valence electrons. The van der Waals surface area contributed by atoms with Crippen LogP contribution in [0.4, 0.5) is 4.39 Å². The van der Waals surface area contributed by atoms with Gasteiger partial charge < -0.3 is 5.73 Å². The van der Waals surface area contributed by atoms with E-state index in [1.807, 2.05) is 13.0 Å². The number of aliphatic imine (C=N–C) groups is 1. The zero-order valence-electron chi connectivity index (χ0n) is 28.0. The van der Waals surface area contributed by atoms with Crippen LogP contribution in [0, 0.1) is 43.8 Å². The van der Waals surface area contributed by atoms with Crippen LogP contribution in [0.25, 0.3) is 5.57 Å². The zero-order chi connectivity index (χ0) is 30.6. The summed E-state index contributed by atoms with van der Waals surface area (Å²) in [5.41, 5.74) is 18.0. The van der Waals surface area contributed by atoms with Crippen molar-refractivity contribution in [2.24, 2.45) is 28.0 Å². The first kappa shape index (κ1) is 33.2. The van der Waals surface area contributed by atoms with Gasteiger partial charge in [0.25, 0.3) is 0 Å². The maximum Gasteiger partial charge on any atom is 0.127 e. The fourth-order valence-electron chi connectivity index (χ4n) is 7.49. The summed E-state index contributed by atoms with van der Waals surface area (Å²) in [5.74, 6) is 1.03. The number of nitrogens with zero attached hydrogens (tertiary/aromatic N) is 1. The highest BCUT2D eigenvalue weighted by molar-refractivity contribution is 6.02. The molecule has 0 amide bonds. The van der Waals surface area contributed by atoms with Gasteiger partial charge in [-0.2, -0.15) is 0 Å². The summed E-state index contributed by atoms with van der Waals surface area (Å²) in [4.78, 5) is 5.56. The number of fused-ring (bicyclic) bond motifs is 1. The Hall–Kier alpha value is -2.26. The number of benzene rings is 2. The Morgan fingerprint density at radius 1 is 1.07 bits per heavy atom. The Morgan fingerprint density at radius 3 is 2.34 bits per heavy atom. The van der Waals surface area contributed by atoms with Crippen LogP contribution in [0.3, 0.4) is 0 Å². The van der Waals surface area contributed by atoms with Gasteiger partial charge in [-0.1, -0.05) is 79.9 Å². The van der Waals surface area contributed by atoms with Crippen LogP contribution in [0.2, 0.25) is 0 Å². The molecular weight excluding hydrogens is 503 g/mol. The van der Waals surface area contributed by atoms with Crippen LogP contribution in [0.15, 0.2) is 29.3 Å². The molecule has 3 rings (SSSR count). The topological polar surface area (TPSA) is 38.4 Å². The second-order valence-corrected chi connectivity index (χ2v) is 13.6. The molecular formula is C38H57FN2. The summed E-state index contributed by atoms with van der Waals surface area (Å²) in [5, 5.41) is 0. The van der Waals surface area contributed by atoms with Gasteiger partial charge in [0, 0.05) is 11.8 Å². The second kappa shape index (κ2) is 13.8. The van der Waals surface area contributed by atoms with E-state index in [0.29, 0.717) is 18.3 Å². The lowest BCUT2D eigenvalue weighted by Gasteiger charge is -2.40. The highest BCUT2D eigenvalue weighted by Crippen LogP contribution is 2.42. The predicted molar refractivity (Wildman–Crippen MR) is 178 cm³/mol. The second-order valence-electron chi connectivity index (χ2n) is 13.6. The Labute approximate surface area is 251 Å². The summed E-state index contributed by atoms with van der Waals surface area (Å²) in [6.45, 7) is 25.1. The number of rotatable bonds is 12. The maximum atomic E-state index is 15.0. The van der Waals surface area contributed by atoms with E-state index in [1.165, 1.54) is 59.9 Å². The number of aryl methyl sites for hydroxylation is 1. The van der Waals surface area contributed by atoms with Crippen molar-refractivity contribution in [1.82, 2.24) is 0 Å². The van der Waals surface area contributed by atoms with E-state index in [1.54, 1.807) is 6.07 Å². The molecule has 0 fully saturated rings. The third-order valence-corrected chi connectivity index (χ3v) is 9.85. The summed E-state index contributed by atoms with van der Waals surface area (Å²) in [7, 11) is 0. The lowest BCUT2D eigenvalue weighted by molar-refractivity contribution is 0.145. The van der Waals surface area contributed by atoms with Gasteiger partial charge in [0.15, 0.2) is 0 Å². The van der Waals surface area contributed by atoms with Crippen molar-refractivity contribution in [2.75, 3.05) is 0 Å². The first-order valence-electron chi connectivity index (χ1n) is 16.2. The normalized spacial score (nSPS) is 18.6. The third-order valence-electron chi connectivity index (χ3n) is 9.85. The average Bonchev–Trinajstić information content (AvgIpc) is 2.92. The van der Waals surface area contributed by atoms with Crippen molar-refractivity contribution in [1.29, 1.82) is 0 Å². The molecule has 0 heterocycles. The highest BCUT2D eigenvalue weighted by Gasteiger charge is 2.37. The molecule has 2 aromatic carbocycles. The van der Waals surface area contributed by atoms with Crippen molar-refractivity contribution in [2.45, 2.75) is 133 Å². The molecule has 4 atom stereocenters. The van der Waals surface area contributed by atoms with Gasteiger partial charge in [-0.3, -0.25) is 4.99 Å². The Bertz CT molecular complexity index is 1280. The first-order chi connectivity index (χ1) is 19.3. The van der Waals surface area contributed by atoms with E-state index < -0.39 is 0 Å². The van der Waals surface area contributed by atoms with Crippen molar-refractivity contribution in [3.63, 3.8) is 0 Å². The molecule has 41 heavy (non-hydrogen) atoms. The molecule has 0 saturated carbocycles.